The standard InChI is InChI=1S/C12H14ClF4NO2/c1-19-10-3-2-7(13)4-8(10)9(18)5-20-6-12(16,17)11(14)15/h2-4,9,11H,5-6,18H2,1H3. The SMILES string of the molecule is COc1ccc(Cl)cc1C(N)COCC(F)(F)C(F)F. The highest BCUT2D eigenvalue weighted by atomic mass is 35.5. The van der Waals surface area contributed by atoms with Gasteiger partial charge >= 0.3 is 12.3 Å². The second-order valence-electron chi connectivity index (χ2n) is 4.07. The molecule has 114 valence electrons. The van der Waals surface area contributed by atoms with Crippen molar-refractivity contribution in [3.8, 4) is 5.75 Å². The van der Waals surface area contributed by atoms with E-state index in [1.807, 2.05) is 0 Å². The van der Waals surface area contributed by atoms with Crippen LogP contribution in [0.5, 0.6) is 5.75 Å². The summed E-state index contributed by atoms with van der Waals surface area (Å²) < 4.78 is 58.8. The van der Waals surface area contributed by atoms with Gasteiger partial charge in [0.05, 0.1) is 19.8 Å². The van der Waals surface area contributed by atoms with Crippen LogP contribution < -0.4 is 10.5 Å². The highest BCUT2D eigenvalue weighted by Crippen LogP contribution is 2.28. The summed E-state index contributed by atoms with van der Waals surface area (Å²) in [6, 6.07) is 3.81. The van der Waals surface area contributed by atoms with Gasteiger partial charge in [-0.15, -0.1) is 0 Å². The smallest absolute Gasteiger partial charge is 0.330 e. The first kappa shape index (κ1) is 17.0. The van der Waals surface area contributed by atoms with Crippen LogP contribution in [0.3, 0.4) is 0 Å². The van der Waals surface area contributed by atoms with Gasteiger partial charge in [0.25, 0.3) is 0 Å². The van der Waals surface area contributed by atoms with Crippen molar-refractivity contribution in [3.63, 3.8) is 0 Å². The molecule has 1 aromatic rings. The average molecular weight is 316 g/mol. The van der Waals surface area contributed by atoms with Crippen molar-refractivity contribution in [1.29, 1.82) is 0 Å². The van der Waals surface area contributed by atoms with Crippen LogP contribution in [-0.2, 0) is 4.74 Å². The summed E-state index contributed by atoms with van der Waals surface area (Å²) in [6.45, 7) is -1.76. The number of halogens is 5. The third-order valence-electron chi connectivity index (χ3n) is 2.50. The number of alkyl halides is 4. The number of nitrogens with two attached hydrogens (primary N) is 1. The van der Waals surface area contributed by atoms with Crippen LogP contribution in [0.25, 0.3) is 0 Å². The second kappa shape index (κ2) is 7.10. The van der Waals surface area contributed by atoms with E-state index in [0.29, 0.717) is 16.3 Å². The third-order valence-corrected chi connectivity index (χ3v) is 2.74. The maximum atomic E-state index is 12.6. The lowest BCUT2D eigenvalue weighted by atomic mass is 10.1. The van der Waals surface area contributed by atoms with Crippen molar-refractivity contribution in [3.05, 3.63) is 28.8 Å². The molecule has 0 fully saturated rings. The van der Waals surface area contributed by atoms with E-state index in [2.05, 4.69) is 4.74 Å². The van der Waals surface area contributed by atoms with Gasteiger partial charge in [0, 0.05) is 10.6 Å². The summed E-state index contributed by atoms with van der Waals surface area (Å²) in [7, 11) is 1.41. The van der Waals surface area contributed by atoms with E-state index in [1.54, 1.807) is 12.1 Å². The molecule has 1 rings (SSSR count). The molecule has 1 aromatic carbocycles. The topological polar surface area (TPSA) is 44.5 Å². The maximum Gasteiger partial charge on any atom is 0.330 e. The van der Waals surface area contributed by atoms with Crippen LogP contribution in [0, 0.1) is 0 Å². The normalized spacial score (nSPS) is 13.6. The van der Waals surface area contributed by atoms with E-state index in [1.165, 1.54) is 13.2 Å². The molecule has 20 heavy (non-hydrogen) atoms. The van der Waals surface area contributed by atoms with Gasteiger partial charge in [-0.2, -0.15) is 8.78 Å². The summed E-state index contributed by atoms with van der Waals surface area (Å²) >= 11 is 5.79. The summed E-state index contributed by atoms with van der Waals surface area (Å²) in [5.74, 6) is -3.79. The molecule has 0 aromatic heterocycles. The van der Waals surface area contributed by atoms with Crippen molar-refractivity contribution >= 4 is 11.6 Å². The Balaban J connectivity index is 2.63. The molecule has 0 radical (unpaired) electrons. The van der Waals surface area contributed by atoms with Crippen LogP contribution in [-0.4, -0.2) is 32.7 Å². The van der Waals surface area contributed by atoms with Crippen molar-refractivity contribution in [2.75, 3.05) is 20.3 Å². The number of benzene rings is 1. The quantitative estimate of drug-likeness (QED) is 0.785. The minimum absolute atomic E-state index is 0.362. The first-order valence-corrected chi connectivity index (χ1v) is 5.98. The average Bonchev–Trinajstić information content (AvgIpc) is 2.38. The number of methoxy groups -OCH3 is 1. The number of rotatable bonds is 7. The second-order valence-corrected chi connectivity index (χ2v) is 4.51. The molecule has 8 heteroatoms. The highest BCUT2D eigenvalue weighted by Gasteiger charge is 2.41. The first-order valence-electron chi connectivity index (χ1n) is 5.60. The molecule has 0 heterocycles. The predicted octanol–water partition coefficient (Wildman–Crippen LogP) is 3.27. The summed E-state index contributed by atoms with van der Waals surface area (Å²) in [5, 5.41) is 0.383. The number of ether oxygens (including phenoxy) is 2. The van der Waals surface area contributed by atoms with Gasteiger partial charge in [0.2, 0.25) is 0 Å². The van der Waals surface area contributed by atoms with E-state index in [-0.39, 0.29) is 6.61 Å². The zero-order chi connectivity index (χ0) is 15.3. The van der Waals surface area contributed by atoms with E-state index in [0.717, 1.165) is 0 Å². The van der Waals surface area contributed by atoms with Crippen molar-refractivity contribution in [2.24, 2.45) is 5.73 Å². The Morgan fingerprint density at radius 3 is 2.55 bits per heavy atom. The Morgan fingerprint density at radius 2 is 2.00 bits per heavy atom. The summed E-state index contributed by atoms with van der Waals surface area (Å²) in [5.41, 5.74) is 6.19. The molecule has 0 amide bonds. The fraction of sp³-hybridized carbons (Fsp3) is 0.500. The fourth-order valence-corrected chi connectivity index (χ4v) is 1.65. The largest absolute Gasteiger partial charge is 0.496 e. The van der Waals surface area contributed by atoms with Gasteiger partial charge in [0.15, 0.2) is 0 Å². The molecule has 0 spiro atoms. The Kier molecular flexibility index (Phi) is 6.04. The van der Waals surface area contributed by atoms with Gasteiger partial charge in [-0.05, 0) is 18.2 Å². The fourth-order valence-electron chi connectivity index (χ4n) is 1.47. The first-order chi connectivity index (χ1) is 9.27. The molecule has 2 N–H and O–H groups in total. The molecule has 0 aliphatic heterocycles. The van der Waals surface area contributed by atoms with Gasteiger partial charge < -0.3 is 15.2 Å². The van der Waals surface area contributed by atoms with Crippen LogP contribution in [0.2, 0.25) is 5.02 Å². The number of hydrogen-bond acceptors (Lipinski definition) is 3. The molecule has 0 bridgehead atoms. The molecule has 0 aliphatic rings. The molecular weight excluding hydrogens is 302 g/mol. The maximum absolute atomic E-state index is 12.6. The van der Waals surface area contributed by atoms with Crippen LogP contribution in [0.4, 0.5) is 17.6 Å². The lowest BCUT2D eigenvalue weighted by Gasteiger charge is -2.19. The zero-order valence-electron chi connectivity index (χ0n) is 10.6. The molecule has 0 aliphatic carbocycles. The van der Waals surface area contributed by atoms with Gasteiger partial charge in [-0.3, -0.25) is 0 Å². The van der Waals surface area contributed by atoms with E-state index in [4.69, 9.17) is 22.1 Å². The van der Waals surface area contributed by atoms with E-state index in [9.17, 15) is 17.6 Å². The Bertz CT molecular complexity index is 445. The molecule has 1 atom stereocenters. The Hall–Kier alpha value is -1.05. The zero-order valence-corrected chi connectivity index (χ0v) is 11.3. The third kappa shape index (κ3) is 4.50. The van der Waals surface area contributed by atoms with Crippen molar-refractivity contribution in [2.45, 2.75) is 18.4 Å². The molecule has 1 unspecified atom stereocenters. The Morgan fingerprint density at radius 1 is 1.35 bits per heavy atom. The molecule has 0 saturated heterocycles. The van der Waals surface area contributed by atoms with Gasteiger partial charge in [-0.1, -0.05) is 11.6 Å². The lowest BCUT2D eigenvalue weighted by Crippen LogP contribution is -2.33. The summed E-state index contributed by atoms with van der Waals surface area (Å²) in [4.78, 5) is 0. The van der Waals surface area contributed by atoms with Crippen LogP contribution in [0.15, 0.2) is 18.2 Å². The summed E-state index contributed by atoms with van der Waals surface area (Å²) in [6.07, 6.45) is -3.78. The van der Waals surface area contributed by atoms with Gasteiger partial charge in [0.1, 0.15) is 12.4 Å². The minimum atomic E-state index is -4.20. The highest BCUT2D eigenvalue weighted by molar-refractivity contribution is 6.30. The van der Waals surface area contributed by atoms with Crippen molar-refractivity contribution in [1.82, 2.24) is 0 Å². The monoisotopic (exact) mass is 315 g/mol. The van der Waals surface area contributed by atoms with E-state index >= 15 is 0 Å². The molecule has 0 saturated carbocycles. The minimum Gasteiger partial charge on any atom is -0.496 e. The molecular formula is C12H14ClF4NO2. The van der Waals surface area contributed by atoms with Crippen LogP contribution >= 0.6 is 11.6 Å². The number of hydrogen-bond donors (Lipinski definition) is 1. The van der Waals surface area contributed by atoms with Gasteiger partial charge in [-0.25, -0.2) is 8.78 Å². The van der Waals surface area contributed by atoms with Crippen LogP contribution in [0.1, 0.15) is 11.6 Å². The van der Waals surface area contributed by atoms with Crippen molar-refractivity contribution < 1.29 is 27.0 Å². The molecule has 3 nitrogen and oxygen atoms in total. The van der Waals surface area contributed by atoms with E-state index < -0.39 is 25.0 Å². The predicted molar refractivity (Wildman–Crippen MR) is 66.7 cm³/mol. The Labute approximate surface area is 118 Å². The lowest BCUT2D eigenvalue weighted by molar-refractivity contribution is -0.166.